The van der Waals surface area contributed by atoms with E-state index >= 15 is 0 Å². The SMILES string of the molecule is CSC[C@H](CCO)NC(=O)Nc1ccccc1C(C)C. The Morgan fingerprint density at radius 1 is 1.35 bits per heavy atom. The Bertz CT molecular complexity index is 418. The van der Waals surface area contributed by atoms with E-state index in [2.05, 4.69) is 24.5 Å². The molecule has 0 heterocycles. The maximum atomic E-state index is 12.0. The monoisotopic (exact) mass is 296 g/mol. The van der Waals surface area contributed by atoms with Crippen molar-refractivity contribution in [1.29, 1.82) is 0 Å². The summed E-state index contributed by atoms with van der Waals surface area (Å²) in [6.45, 7) is 4.27. The number of anilines is 1. The van der Waals surface area contributed by atoms with Gasteiger partial charge in [0.25, 0.3) is 0 Å². The predicted molar refractivity (Wildman–Crippen MR) is 86.6 cm³/mol. The summed E-state index contributed by atoms with van der Waals surface area (Å²) in [4.78, 5) is 12.0. The van der Waals surface area contributed by atoms with Crippen molar-refractivity contribution in [3.8, 4) is 0 Å². The standard InChI is InChI=1S/C15H24N2O2S/c1-11(2)13-6-4-5-7-14(13)17-15(19)16-12(8-9-18)10-20-3/h4-7,11-12,18H,8-10H2,1-3H3,(H2,16,17,19)/t12-/m0/s1. The fraction of sp³-hybridized carbons (Fsp3) is 0.533. The molecule has 0 aliphatic rings. The van der Waals surface area contributed by atoms with Gasteiger partial charge >= 0.3 is 6.03 Å². The third-order valence-electron chi connectivity index (χ3n) is 3.01. The second kappa shape index (κ2) is 8.87. The topological polar surface area (TPSA) is 61.4 Å². The molecule has 0 aromatic heterocycles. The zero-order valence-electron chi connectivity index (χ0n) is 12.3. The van der Waals surface area contributed by atoms with Gasteiger partial charge in [-0.15, -0.1) is 0 Å². The van der Waals surface area contributed by atoms with Gasteiger partial charge < -0.3 is 15.7 Å². The van der Waals surface area contributed by atoms with Gasteiger partial charge in [0.05, 0.1) is 0 Å². The molecule has 0 saturated heterocycles. The Kier molecular flexibility index (Phi) is 7.47. The van der Waals surface area contributed by atoms with Crippen molar-refractivity contribution in [3.63, 3.8) is 0 Å². The number of hydrogen-bond donors (Lipinski definition) is 3. The number of nitrogens with one attached hydrogen (secondary N) is 2. The van der Waals surface area contributed by atoms with E-state index < -0.39 is 0 Å². The highest BCUT2D eigenvalue weighted by Crippen LogP contribution is 2.23. The molecule has 5 heteroatoms. The van der Waals surface area contributed by atoms with Crippen LogP contribution in [0.3, 0.4) is 0 Å². The summed E-state index contributed by atoms with van der Waals surface area (Å²) in [7, 11) is 0. The third-order valence-corrected chi connectivity index (χ3v) is 3.75. The lowest BCUT2D eigenvalue weighted by atomic mass is 10.0. The van der Waals surface area contributed by atoms with E-state index in [-0.39, 0.29) is 18.7 Å². The van der Waals surface area contributed by atoms with Gasteiger partial charge in [-0.2, -0.15) is 11.8 Å². The minimum Gasteiger partial charge on any atom is -0.396 e. The maximum absolute atomic E-state index is 12.0. The molecule has 1 aromatic carbocycles. The molecule has 0 aliphatic heterocycles. The number of carbonyl (C=O) groups is 1. The minimum absolute atomic E-state index is 0.0128. The average Bonchev–Trinajstić information content (AvgIpc) is 2.39. The molecule has 1 atom stereocenters. The van der Waals surface area contributed by atoms with Crippen LogP contribution in [0.4, 0.5) is 10.5 Å². The number of hydrogen-bond acceptors (Lipinski definition) is 3. The zero-order chi connectivity index (χ0) is 15.0. The van der Waals surface area contributed by atoms with Crippen LogP contribution in [0.25, 0.3) is 0 Å². The summed E-state index contributed by atoms with van der Waals surface area (Å²) in [6.07, 6.45) is 2.55. The first-order chi connectivity index (χ1) is 9.58. The molecule has 4 nitrogen and oxygen atoms in total. The van der Waals surface area contributed by atoms with E-state index in [1.807, 2.05) is 30.5 Å². The molecule has 0 unspecified atom stereocenters. The molecule has 1 rings (SSSR count). The second-order valence-corrected chi connectivity index (χ2v) is 5.92. The van der Waals surface area contributed by atoms with Crippen molar-refractivity contribution in [2.24, 2.45) is 0 Å². The normalized spacial score (nSPS) is 12.2. The highest BCUT2D eigenvalue weighted by Gasteiger charge is 2.13. The third kappa shape index (κ3) is 5.43. The molecule has 2 amide bonds. The van der Waals surface area contributed by atoms with Crippen LogP contribution in [-0.2, 0) is 0 Å². The van der Waals surface area contributed by atoms with Crippen molar-refractivity contribution in [2.75, 3.05) is 23.9 Å². The molecule has 0 fully saturated rings. The highest BCUT2D eigenvalue weighted by atomic mass is 32.2. The van der Waals surface area contributed by atoms with Crippen molar-refractivity contribution < 1.29 is 9.90 Å². The van der Waals surface area contributed by atoms with Gasteiger partial charge in [-0.3, -0.25) is 0 Å². The number of rotatable bonds is 7. The van der Waals surface area contributed by atoms with E-state index in [0.717, 1.165) is 17.0 Å². The summed E-state index contributed by atoms with van der Waals surface area (Å²) in [5, 5.41) is 14.8. The van der Waals surface area contributed by atoms with E-state index in [1.54, 1.807) is 11.8 Å². The van der Waals surface area contributed by atoms with Crippen LogP contribution in [0.1, 0.15) is 31.7 Å². The smallest absolute Gasteiger partial charge is 0.319 e. The van der Waals surface area contributed by atoms with E-state index in [0.29, 0.717) is 12.3 Å². The lowest BCUT2D eigenvalue weighted by Gasteiger charge is -2.19. The Morgan fingerprint density at radius 2 is 2.05 bits per heavy atom. The van der Waals surface area contributed by atoms with Crippen LogP contribution in [-0.4, -0.2) is 35.8 Å². The van der Waals surface area contributed by atoms with Crippen molar-refractivity contribution in [1.82, 2.24) is 5.32 Å². The first-order valence-corrected chi connectivity index (χ1v) is 8.24. The first kappa shape index (κ1) is 16.9. The Morgan fingerprint density at radius 3 is 2.65 bits per heavy atom. The largest absolute Gasteiger partial charge is 0.396 e. The summed E-state index contributed by atoms with van der Waals surface area (Å²) < 4.78 is 0. The van der Waals surface area contributed by atoms with Gasteiger partial charge in [-0.1, -0.05) is 32.0 Å². The predicted octanol–water partition coefficient (Wildman–Crippen LogP) is 3.05. The molecule has 3 N–H and O–H groups in total. The van der Waals surface area contributed by atoms with Crippen LogP contribution >= 0.6 is 11.8 Å². The fourth-order valence-electron chi connectivity index (χ4n) is 2.01. The highest BCUT2D eigenvalue weighted by molar-refractivity contribution is 7.98. The summed E-state index contributed by atoms with van der Waals surface area (Å²) >= 11 is 1.65. The minimum atomic E-state index is -0.217. The van der Waals surface area contributed by atoms with Gasteiger partial charge in [0.1, 0.15) is 0 Å². The van der Waals surface area contributed by atoms with Gasteiger partial charge in [0.15, 0.2) is 0 Å². The maximum Gasteiger partial charge on any atom is 0.319 e. The molecule has 20 heavy (non-hydrogen) atoms. The quantitative estimate of drug-likeness (QED) is 0.725. The number of urea groups is 1. The number of benzene rings is 1. The zero-order valence-corrected chi connectivity index (χ0v) is 13.2. The average molecular weight is 296 g/mol. The van der Waals surface area contributed by atoms with Crippen molar-refractivity contribution in [2.45, 2.75) is 32.2 Å². The van der Waals surface area contributed by atoms with E-state index in [1.165, 1.54) is 0 Å². The number of aliphatic hydroxyl groups is 1. The first-order valence-electron chi connectivity index (χ1n) is 6.84. The van der Waals surface area contributed by atoms with Crippen LogP contribution in [0.5, 0.6) is 0 Å². The molecule has 1 aromatic rings. The Hall–Kier alpha value is -1.20. The number of carbonyl (C=O) groups excluding carboxylic acids is 1. The van der Waals surface area contributed by atoms with Gasteiger partial charge in [0.2, 0.25) is 0 Å². The van der Waals surface area contributed by atoms with Crippen molar-refractivity contribution in [3.05, 3.63) is 29.8 Å². The number of thioether (sulfide) groups is 1. The number of para-hydroxylation sites is 1. The van der Waals surface area contributed by atoms with Gasteiger partial charge in [-0.25, -0.2) is 4.79 Å². The fourth-order valence-corrected chi connectivity index (χ4v) is 2.66. The summed E-state index contributed by atoms with van der Waals surface area (Å²) in [5.41, 5.74) is 1.96. The number of amides is 2. The molecule has 0 saturated carbocycles. The van der Waals surface area contributed by atoms with E-state index in [9.17, 15) is 4.79 Å². The van der Waals surface area contributed by atoms with Gasteiger partial charge in [0, 0.05) is 24.1 Å². The Balaban J connectivity index is 2.66. The van der Waals surface area contributed by atoms with Gasteiger partial charge in [-0.05, 0) is 30.2 Å². The Labute approximate surface area is 125 Å². The molecule has 0 aliphatic carbocycles. The lowest BCUT2D eigenvalue weighted by Crippen LogP contribution is -2.40. The van der Waals surface area contributed by atoms with Crippen LogP contribution in [0.15, 0.2) is 24.3 Å². The molecule has 112 valence electrons. The molecular weight excluding hydrogens is 272 g/mol. The summed E-state index contributed by atoms with van der Waals surface area (Å²) in [6, 6.07) is 7.58. The van der Waals surface area contributed by atoms with Crippen molar-refractivity contribution >= 4 is 23.5 Å². The molecule has 0 bridgehead atoms. The molecular formula is C15H24N2O2S. The lowest BCUT2D eigenvalue weighted by molar-refractivity contribution is 0.241. The van der Waals surface area contributed by atoms with Crippen LogP contribution in [0.2, 0.25) is 0 Å². The molecule has 0 radical (unpaired) electrons. The van der Waals surface area contributed by atoms with E-state index in [4.69, 9.17) is 5.11 Å². The van der Waals surface area contributed by atoms with Crippen LogP contribution < -0.4 is 10.6 Å². The molecule has 0 spiro atoms. The van der Waals surface area contributed by atoms with Crippen LogP contribution in [0, 0.1) is 0 Å². The summed E-state index contributed by atoms with van der Waals surface area (Å²) in [5.74, 6) is 1.14. The second-order valence-electron chi connectivity index (χ2n) is 5.00. The number of aliphatic hydroxyl groups excluding tert-OH is 1.